The minimum absolute atomic E-state index is 0.189. The highest BCUT2D eigenvalue weighted by atomic mass is 35.5. The zero-order chi connectivity index (χ0) is 13.8. The number of alkyl halides is 1. The lowest BCUT2D eigenvalue weighted by molar-refractivity contribution is 0.580. The number of nitrogens with one attached hydrogen (secondary N) is 1. The van der Waals surface area contributed by atoms with E-state index in [1.165, 1.54) is 6.21 Å². The van der Waals surface area contributed by atoms with Crippen molar-refractivity contribution in [3.8, 4) is 0 Å². The maximum absolute atomic E-state index is 11.9. The van der Waals surface area contributed by atoms with Gasteiger partial charge in [-0.2, -0.15) is 13.5 Å². The third-order valence-electron chi connectivity index (χ3n) is 2.26. The van der Waals surface area contributed by atoms with Crippen LogP contribution in [0.25, 0.3) is 0 Å². The fourth-order valence-corrected chi connectivity index (χ4v) is 1.94. The van der Waals surface area contributed by atoms with Crippen LogP contribution in [0.3, 0.4) is 0 Å². The topological polar surface area (TPSA) is 58.5 Å². The minimum Gasteiger partial charge on any atom is -0.200 e. The summed E-state index contributed by atoms with van der Waals surface area (Å²) < 4.78 is 23.7. The lowest BCUT2D eigenvalue weighted by Crippen LogP contribution is -2.22. The second-order valence-electron chi connectivity index (χ2n) is 4.79. The molecule has 6 heteroatoms. The molecule has 0 saturated heterocycles. The molecule has 1 aromatic carbocycles. The molecule has 0 unspecified atom stereocenters. The summed E-state index contributed by atoms with van der Waals surface area (Å²) in [5, 5.41) is 3.74. The van der Waals surface area contributed by atoms with Gasteiger partial charge in [0.2, 0.25) is 0 Å². The van der Waals surface area contributed by atoms with Crippen molar-refractivity contribution in [2.24, 2.45) is 10.5 Å². The molecule has 100 valence electrons. The van der Waals surface area contributed by atoms with Gasteiger partial charge in [0.15, 0.2) is 0 Å². The molecular formula is C12H17ClN2O2S. The van der Waals surface area contributed by atoms with Gasteiger partial charge in [0.25, 0.3) is 10.0 Å². The molecule has 0 aliphatic carbocycles. The van der Waals surface area contributed by atoms with Crippen LogP contribution < -0.4 is 4.83 Å². The Bertz CT molecular complexity index is 522. The summed E-state index contributed by atoms with van der Waals surface area (Å²) in [6, 6.07) is 6.56. The smallest absolute Gasteiger partial charge is 0.200 e. The summed E-state index contributed by atoms with van der Waals surface area (Å²) >= 11 is 5.71. The first-order chi connectivity index (χ1) is 8.27. The minimum atomic E-state index is -3.60. The molecule has 0 amide bonds. The molecule has 1 aromatic rings. The van der Waals surface area contributed by atoms with Gasteiger partial charge in [-0.05, 0) is 19.1 Å². The number of aryl methyl sites for hydroxylation is 1. The Kier molecular flexibility index (Phi) is 4.76. The summed E-state index contributed by atoms with van der Waals surface area (Å²) in [7, 11) is -3.60. The second kappa shape index (κ2) is 5.71. The lowest BCUT2D eigenvalue weighted by atomic mass is 9.99. The molecule has 0 bridgehead atoms. The number of benzene rings is 1. The predicted molar refractivity (Wildman–Crippen MR) is 74.5 cm³/mol. The van der Waals surface area contributed by atoms with Crippen molar-refractivity contribution in [3.63, 3.8) is 0 Å². The lowest BCUT2D eigenvalue weighted by Gasteiger charge is -2.14. The quantitative estimate of drug-likeness (QED) is 0.514. The van der Waals surface area contributed by atoms with E-state index < -0.39 is 10.0 Å². The number of sulfonamides is 1. The van der Waals surface area contributed by atoms with E-state index in [-0.39, 0.29) is 10.3 Å². The molecule has 0 fully saturated rings. The third-order valence-corrected chi connectivity index (χ3v) is 4.19. The standard InChI is InChI=1S/C12H17ClN2O2S/c1-10-4-6-11(7-5-10)18(16,17)15-14-9-12(2,3)8-13/h4-7,9,15H,8H2,1-3H3/b14-9+. The first-order valence-corrected chi connectivity index (χ1v) is 7.47. The van der Waals surface area contributed by atoms with Gasteiger partial charge in [0.1, 0.15) is 0 Å². The first-order valence-electron chi connectivity index (χ1n) is 5.45. The van der Waals surface area contributed by atoms with E-state index in [0.717, 1.165) is 5.56 Å². The Morgan fingerprint density at radius 2 is 1.89 bits per heavy atom. The van der Waals surface area contributed by atoms with Crippen molar-refractivity contribution in [2.75, 3.05) is 5.88 Å². The van der Waals surface area contributed by atoms with Crippen LogP contribution in [0.5, 0.6) is 0 Å². The van der Waals surface area contributed by atoms with Gasteiger partial charge in [-0.15, -0.1) is 11.6 Å². The first kappa shape index (κ1) is 15.0. The van der Waals surface area contributed by atoms with Crippen LogP contribution in [0, 0.1) is 12.3 Å². The molecule has 1 rings (SSSR count). The second-order valence-corrected chi connectivity index (χ2v) is 6.72. The van der Waals surface area contributed by atoms with Crippen molar-refractivity contribution in [1.29, 1.82) is 0 Å². The van der Waals surface area contributed by atoms with E-state index in [9.17, 15) is 8.42 Å². The third kappa shape index (κ3) is 4.31. The molecule has 18 heavy (non-hydrogen) atoms. The van der Waals surface area contributed by atoms with E-state index in [1.54, 1.807) is 24.3 Å². The zero-order valence-electron chi connectivity index (χ0n) is 10.6. The average Bonchev–Trinajstić information content (AvgIpc) is 2.29. The molecule has 0 heterocycles. The highest BCUT2D eigenvalue weighted by Crippen LogP contribution is 2.14. The summed E-state index contributed by atoms with van der Waals surface area (Å²) in [5.74, 6) is 0.364. The number of hydrazone groups is 1. The van der Waals surface area contributed by atoms with E-state index >= 15 is 0 Å². The van der Waals surface area contributed by atoms with Gasteiger partial charge in [-0.1, -0.05) is 31.5 Å². The van der Waals surface area contributed by atoms with Crippen LogP contribution in [0.15, 0.2) is 34.3 Å². The SMILES string of the molecule is Cc1ccc(S(=O)(=O)N/N=C/C(C)(C)CCl)cc1. The van der Waals surface area contributed by atoms with Crippen molar-refractivity contribution < 1.29 is 8.42 Å². The van der Waals surface area contributed by atoms with Crippen molar-refractivity contribution in [3.05, 3.63) is 29.8 Å². The molecule has 0 atom stereocenters. The number of halogens is 1. The fourth-order valence-electron chi connectivity index (χ4n) is 1.08. The molecule has 0 aliphatic heterocycles. The number of nitrogens with zero attached hydrogens (tertiary/aromatic N) is 1. The normalized spacial score (nSPS) is 12.9. The Hall–Kier alpha value is -1.07. The Morgan fingerprint density at radius 1 is 1.33 bits per heavy atom. The van der Waals surface area contributed by atoms with E-state index in [4.69, 9.17) is 11.6 Å². The Labute approximate surface area is 113 Å². The van der Waals surface area contributed by atoms with Gasteiger partial charge in [-0.3, -0.25) is 0 Å². The molecule has 0 spiro atoms. The van der Waals surface area contributed by atoms with Gasteiger partial charge in [-0.25, -0.2) is 4.83 Å². The number of rotatable bonds is 5. The maximum atomic E-state index is 11.9. The predicted octanol–water partition coefficient (Wildman–Crippen LogP) is 2.52. The van der Waals surface area contributed by atoms with Gasteiger partial charge >= 0.3 is 0 Å². The van der Waals surface area contributed by atoms with E-state index in [1.807, 2.05) is 20.8 Å². The summed E-state index contributed by atoms with van der Waals surface area (Å²) in [5.41, 5.74) is 0.651. The van der Waals surface area contributed by atoms with Crippen LogP contribution in [0.4, 0.5) is 0 Å². The van der Waals surface area contributed by atoms with Crippen molar-refractivity contribution in [1.82, 2.24) is 4.83 Å². The number of hydrogen-bond acceptors (Lipinski definition) is 3. The molecule has 0 aromatic heterocycles. The maximum Gasteiger partial charge on any atom is 0.276 e. The van der Waals surface area contributed by atoms with Crippen LogP contribution >= 0.6 is 11.6 Å². The van der Waals surface area contributed by atoms with E-state index in [0.29, 0.717) is 5.88 Å². The zero-order valence-corrected chi connectivity index (χ0v) is 12.2. The molecule has 0 saturated carbocycles. The highest BCUT2D eigenvalue weighted by molar-refractivity contribution is 7.89. The monoisotopic (exact) mass is 288 g/mol. The number of hydrogen-bond donors (Lipinski definition) is 1. The Morgan fingerprint density at radius 3 is 2.39 bits per heavy atom. The van der Waals surface area contributed by atoms with Gasteiger partial charge in [0, 0.05) is 17.5 Å². The van der Waals surface area contributed by atoms with Gasteiger partial charge < -0.3 is 0 Å². The van der Waals surface area contributed by atoms with Gasteiger partial charge in [0.05, 0.1) is 4.90 Å². The highest BCUT2D eigenvalue weighted by Gasteiger charge is 2.15. The van der Waals surface area contributed by atoms with Crippen LogP contribution in [0.1, 0.15) is 19.4 Å². The summed E-state index contributed by atoms with van der Waals surface area (Å²) in [4.78, 5) is 2.36. The van der Waals surface area contributed by atoms with Crippen LogP contribution in [0.2, 0.25) is 0 Å². The Balaban J connectivity index is 2.81. The average molecular weight is 289 g/mol. The molecule has 0 radical (unpaired) electrons. The van der Waals surface area contributed by atoms with Crippen molar-refractivity contribution >= 4 is 27.8 Å². The fraction of sp³-hybridized carbons (Fsp3) is 0.417. The molecule has 1 N–H and O–H groups in total. The van der Waals surface area contributed by atoms with Crippen molar-refractivity contribution in [2.45, 2.75) is 25.7 Å². The van der Waals surface area contributed by atoms with Crippen LogP contribution in [-0.2, 0) is 10.0 Å². The molecular weight excluding hydrogens is 272 g/mol. The van der Waals surface area contributed by atoms with Crippen LogP contribution in [-0.4, -0.2) is 20.5 Å². The molecule has 0 aliphatic rings. The summed E-state index contributed by atoms with van der Waals surface area (Å²) in [6.45, 7) is 5.62. The molecule has 4 nitrogen and oxygen atoms in total. The summed E-state index contributed by atoms with van der Waals surface area (Å²) in [6.07, 6.45) is 1.49. The largest absolute Gasteiger partial charge is 0.276 e. The van der Waals surface area contributed by atoms with E-state index in [2.05, 4.69) is 9.93 Å².